The molecule has 0 unspecified atom stereocenters. The van der Waals surface area contributed by atoms with Gasteiger partial charge in [-0.15, -0.1) is 10.2 Å². The predicted molar refractivity (Wildman–Crippen MR) is 64.3 cm³/mol. The van der Waals surface area contributed by atoms with E-state index < -0.39 is 0 Å². The van der Waals surface area contributed by atoms with Crippen LogP contribution >= 0.6 is 22.9 Å². The van der Waals surface area contributed by atoms with Gasteiger partial charge in [0, 0.05) is 27.2 Å². The molecule has 0 saturated carbocycles. The molecule has 1 aromatic rings. The van der Waals surface area contributed by atoms with E-state index in [1.165, 1.54) is 4.90 Å². The van der Waals surface area contributed by atoms with Gasteiger partial charge in [0.15, 0.2) is 0 Å². The first-order valence-electron chi connectivity index (χ1n) is 4.73. The monoisotopic (exact) mass is 277 g/mol. The van der Waals surface area contributed by atoms with E-state index >= 15 is 0 Å². The Bertz CT molecular complexity index is 408. The molecule has 2 N–H and O–H groups in total. The summed E-state index contributed by atoms with van der Waals surface area (Å²) in [6.45, 7) is 0.658. The summed E-state index contributed by atoms with van der Waals surface area (Å²) in [7, 11) is 3.27. The third-order valence-electron chi connectivity index (χ3n) is 1.69. The number of aromatic nitrogens is 2. The lowest BCUT2D eigenvalue weighted by atomic mass is 10.5. The Morgan fingerprint density at radius 2 is 1.94 bits per heavy atom. The molecule has 17 heavy (non-hydrogen) atoms. The van der Waals surface area contributed by atoms with E-state index in [0.717, 1.165) is 11.3 Å². The first-order chi connectivity index (χ1) is 8.00. The van der Waals surface area contributed by atoms with Crippen molar-refractivity contribution in [1.82, 2.24) is 25.7 Å². The highest BCUT2D eigenvalue weighted by atomic mass is 35.5. The van der Waals surface area contributed by atoms with Crippen LogP contribution in [0.15, 0.2) is 0 Å². The molecular weight excluding hydrogens is 266 g/mol. The zero-order chi connectivity index (χ0) is 12.8. The molecule has 0 radical (unpaired) electrons. The highest BCUT2D eigenvalue weighted by molar-refractivity contribution is 7.17. The van der Waals surface area contributed by atoms with Gasteiger partial charge >= 0.3 is 6.03 Å². The number of carbonyl (C=O) groups is 2. The number of halogens is 1. The van der Waals surface area contributed by atoms with Crippen molar-refractivity contribution in [3.05, 3.63) is 9.47 Å². The second-order valence-electron chi connectivity index (χ2n) is 3.24. The van der Waals surface area contributed by atoms with Gasteiger partial charge in [-0.05, 0) is 11.6 Å². The van der Waals surface area contributed by atoms with Crippen molar-refractivity contribution in [3.8, 4) is 0 Å². The Balaban J connectivity index is 2.23. The van der Waals surface area contributed by atoms with Crippen LogP contribution in [0.4, 0.5) is 4.79 Å². The van der Waals surface area contributed by atoms with Crippen LogP contribution in [0.5, 0.6) is 0 Å². The maximum Gasteiger partial charge on any atom is 0.316 e. The number of amides is 3. The number of urea groups is 1. The number of carbonyl (C=O) groups excluding carboxylic acids is 2. The average Bonchev–Trinajstić information content (AvgIpc) is 2.70. The molecule has 0 saturated heterocycles. The molecule has 94 valence electrons. The lowest BCUT2D eigenvalue weighted by molar-refractivity contribution is 0.0952. The van der Waals surface area contributed by atoms with Crippen molar-refractivity contribution in [1.29, 1.82) is 0 Å². The fourth-order valence-corrected chi connectivity index (χ4v) is 1.62. The van der Waals surface area contributed by atoms with Gasteiger partial charge in [-0.2, -0.15) is 0 Å². The molecule has 7 nitrogen and oxygen atoms in total. The van der Waals surface area contributed by atoms with Crippen molar-refractivity contribution >= 4 is 34.9 Å². The minimum Gasteiger partial charge on any atom is -0.348 e. The molecular formula is C8H12ClN5O2S. The number of hydrogen-bond acceptors (Lipinski definition) is 5. The van der Waals surface area contributed by atoms with E-state index in [0.29, 0.717) is 13.1 Å². The third kappa shape index (κ3) is 4.53. The van der Waals surface area contributed by atoms with Gasteiger partial charge in [0.05, 0.1) is 0 Å². The second-order valence-corrected chi connectivity index (χ2v) is 4.80. The normalized spacial score (nSPS) is 9.82. The molecule has 0 aromatic carbocycles. The smallest absolute Gasteiger partial charge is 0.316 e. The molecule has 9 heteroatoms. The van der Waals surface area contributed by atoms with Crippen LogP contribution in [0, 0.1) is 0 Å². The molecule has 0 aliphatic carbocycles. The summed E-state index contributed by atoms with van der Waals surface area (Å²) in [6.07, 6.45) is 0. The molecule has 0 bridgehead atoms. The summed E-state index contributed by atoms with van der Waals surface area (Å²) in [5.74, 6) is -0.353. The summed E-state index contributed by atoms with van der Waals surface area (Å²) < 4.78 is 0.219. The second kappa shape index (κ2) is 6.36. The van der Waals surface area contributed by atoms with Gasteiger partial charge in [0.2, 0.25) is 9.47 Å². The van der Waals surface area contributed by atoms with Crippen LogP contribution in [-0.4, -0.2) is 54.2 Å². The summed E-state index contributed by atoms with van der Waals surface area (Å²) in [5, 5.41) is 12.5. The maximum atomic E-state index is 11.5. The summed E-state index contributed by atoms with van der Waals surface area (Å²) in [6, 6.07) is -0.210. The lowest BCUT2D eigenvalue weighted by Gasteiger charge is -2.11. The van der Waals surface area contributed by atoms with Gasteiger partial charge < -0.3 is 15.5 Å². The molecule has 0 atom stereocenters. The highest BCUT2D eigenvalue weighted by Crippen LogP contribution is 2.14. The first kappa shape index (κ1) is 13.7. The standard InChI is InChI=1S/C8H12ClN5O2S/c1-14(2)8(16)11-4-3-10-5(15)6-12-13-7(9)17-6/h3-4H2,1-2H3,(H,10,15)(H,11,16). The van der Waals surface area contributed by atoms with Crippen molar-refractivity contribution in [2.45, 2.75) is 0 Å². The summed E-state index contributed by atoms with van der Waals surface area (Å²) >= 11 is 6.55. The molecule has 0 fully saturated rings. The van der Waals surface area contributed by atoms with Gasteiger partial charge in [0.25, 0.3) is 5.91 Å². The molecule has 3 amide bonds. The van der Waals surface area contributed by atoms with Gasteiger partial charge in [-0.3, -0.25) is 4.79 Å². The molecule has 1 aromatic heterocycles. The Hall–Kier alpha value is -1.41. The maximum absolute atomic E-state index is 11.5. The average molecular weight is 278 g/mol. The van der Waals surface area contributed by atoms with Crippen molar-refractivity contribution in [3.63, 3.8) is 0 Å². The van der Waals surface area contributed by atoms with Crippen LogP contribution < -0.4 is 10.6 Å². The van der Waals surface area contributed by atoms with Crippen molar-refractivity contribution < 1.29 is 9.59 Å². The molecule has 0 spiro atoms. The lowest BCUT2D eigenvalue weighted by Crippen LogP contribution is -2.39. The largest absolute Gasteiger partial charge is 0.348 e. The van der Waals surface area contributed by atoms with Gasteiger partial charge in [-0.1, -0.05) is 11.3 Å². The number of hydrogen-bond donors (Lipinski definition) is 2. The van der Waals surface area contributed by atoms with E-state index in [9.17, 15) is 9.59 Å². The zero-order valence-electron chi connectivity index (χ0n) is 9.36. The van der Waals surface area contributed by atoms with E-state index in [4.69, 9.17) is 11.6 Å². The highest BCUT2D eigenvalue weighted by Gasteiger charge is 2.11. The Morgan fingerprint density at radius 1 is 1.29 bits per heavy atom. The van der Waals surface area contributed by atoms with Crippen LogP contribution in [-0.2, 0) is 0 Å². The van der Waals surface area contributed by atoms with E-state index in [1.54, 1.807) is 14.1 Å². The molecule has 1 heterocycles. The fraction of sp³-hybridized carbons (Fsp3) is 0.500. The van der Waals surface area contributed by atoms with Gasteiger partial charge in [-0.25, -0.2) is 4.79 Å². The topological polar surface area (TPSA) is 87.2 Å². The first-order valence-corrected chi connectivity index (χ1v) is 5.92. The fourth-order valence-electron chi connectivity index (χ4n) is 0.876. The Labute approximate surface area is 107 Å². The van der Waals surface area contributed by atoms with Crippen LogP contribution in [0.1, 0.15) is 9.80 Å². The van der Waals surface area contributed by atoms with Crippen LogP contribution in [0.3, 0.4) is 0 Å². The Kier molecular flexibility index (Phi) is 5.11. The van der Waals surface area contributed by atoms with Crippen LogP contribution in [0.25, 0.3) is 0 Å². The Morgan fingerprint density at radius 3 is 2.47 bits per heavy atom. The zero-order valence-corrected chi connectivity index (χ0v) is 10.9. The van der Waals surface area contributed by atoms with Gasteiger partial charge in [0.1, 0.15) is 0 Å². The SMILES string of the molecule is CN(C)C(=O)NCCNC(=O)c1nnc(Cl)s1. The van der Waals surface area contributed by atoms with Crippen LogP contribution in [0.2, 0.25) is 4.47 Å². The number of nitrogens with zero attached hydrogens (tertiary/aromatic N) is 3. The number of rotatable bonds is 4. The van der Waals surface area contributed by atoms with Crippen molar-refractivity contribution in [2.75, 3.05) is 27.2 Å². The minimum atomic E-state index is -0.353. The summed E-state index contributed by atoms with van der Waals surface area (Å²) in [5.41, 5.74) is 0. The predicted octanol–water partition coefficient (Wildman–Crippen LogP) is 0.192. The van der Waals surface area contributed by atoms with E-state index in [1.807, 2.05) is 0 Å². The summed E-state index contributed by atoms with van der Waals surface area (Å²) in [4.78, 5) is 24.0. The molecule has 1 rings (SSSR count). The van der Waals surface area contributed by atoms with E-state index in [-0.39, 0.29) is 21.4 Å². The quantitative estimate of drug-likeness (QED) is 0.769. The van der Waals surface area contributed by atoms with Crippen molar-refractivity contribution in [2.24, 2.45) is 0 Å². The third-order valence-corrected chi connectivity index (χ3v) is 2.71. The minimum absolute atomic E-state index is 0.203. The molecule has 0 aliphatic heterocycles. The number of nitrogens with one attached hydrogen (secondary N) is 2. The van der Waals surface area contributed by atoms with E-state index in [2.05, 4.69) is 20.8 Å². The molecule has 0 aliphatic rings.